The van der Waals surface area contributed by atoms with Crippen molar-refractivity contribution < 1.29 is 5.11 Å². The van der Waals surface area contributed by atoms with Crippen LogP contribution in [0.4, 0.5) is 0 Å². The Morgan fingerprint density at radius 2 is 1.60 bits per heavy atom. The van der Waals surface area contributed by atoms with Crippen LogP contribution in [0.15, 0.2) is 24.3 Å². The van der Waals surface area contributed by atoms with Gasteiger partial charge in [-0.25, -0.2) is 0 Å². The highest BCUT2D eigenvalue weighted by Gasteiger charge is 2.15. The molecule has 1 rings (SSSR count). The summed E-state index contributed by atoms with van der Waals surface area (Å²) in [5.41, 5.74) is 2.72. The van der Waals surface area contributed by atoms with Gasteiger partial charge in [-0.15, -0.1) is 0 Å². The van der Waals surface area contributed by atoms with Gasteiger partial charge in [-0.3, -0.25) is 0 Å². The molecule has 0 spiro atoms. The molecule has 0 aliphatic heterocycles. The predicted octanol–water partition coefficient (Wildman–Crippen LogP) is 3.96. The molecule has 3 heteroatoms. The standard InChI is InChI=1S/C17H29NOS/c1-6-18-17(11-20-14(5)13(4)19)16-9-7-15(8-10-16)12(2)3/h7-10,12-14,17-19H,6,11H2,1-5H3. The summed E-state index contributed by atoms with van der Waals surface area (Å²) in [4.78, 5) is 0. The Morgan fingerprint density at radius 3 is 2.05 bits per heavy atom. The fourth-order valence-electron chi connectivity index (χ4n) is 2.02. The largest absolute Gasteiger partial charge is 0.392 e. The van der Waals surface area contributed by atoms with Crippen molar-refractivity contribution in [2.75, 3.05) is 12.3 Å². The van der Waals surface area contributed by atoms with Crippen LogP contribution < -0.4 is 5.32 Å². The first-order chi connectivity index (χ1) is 9.45. The van der Waals surface area contributed by atoms with Crippen molar-refractivity contribution in [3.8, 4) is 0 Å². The van der Waals surface area contributed by atoms with Crippen LogP contribution in [-0.2, 0) is 0 Å². The summed E-state index contributed by atoms with van der Waals surface area (Å²) in [6.07, 6.45) is -0.259. The van der Waals surface area contributed by atoms with Crippen molar-refractivity contribution in [3.05, 3.63) is 35.4 Å². The molecule has 1 aromatic carbocycles. The number of benzene rings is 1. The molecular formula is C17H29NOS. The fourth-order valence-corrected chi connectivity index (χ4v) is 3.10. The van der Waals surface area contributed by atoms with Crippen LogP contribution in [0.1, 0.15) is 57.7 Å². The molecule has 0 fully saturated rings. The van der Waals surface area contributed by atoms with Gasteiger partial charge in [0.15, 0.2) is 0 Å². The monoisotopic (exact) mass is 295 g/mol. The first-order valence-corrected chi connectivity index (χ1v) is 8.63. The van der Waals surface area contributed by atoms with E-state index in [2.05, 4.69) is 57.3 Å². The molecule has 0 saturated carbocycles. The van der Waals surface area contributed by atoms with E-state index in [0.29, 0.717) is 12.0 Å². The zero-order valence-electron chi connectivity index (χ0n) is 13.4. The predicted molar refractivity (Wildman–Crippen MR) is 90.5 cm³/mol. The molecule has 1 aromatic rings. The van der Waals surface area contributed by atoms with Crippen molar-refractivity contribution in [2.24, 2.45) is 0 Å². The smallest absolute Gasteiger partial charge is 0.0628 e. The van der Waals surface area contributed by atoms with Crippen LogP contribution >= 0.6 is 11.8 Å². The second kappa shape index (κ2) is 8.71. The Morgan fingerprint density at radius 1 is 1.05 bits per heavy atom. The van der Waals surface area contributed by atoms with Crippen molar-refractivity contribution in [1.82, 2.24) is 5.32 Å². The maximum atomic E-state index is 9.59. The van der Waals surface area contributed by atoms with Crippen molar-refractivity contribution in [1.29, 1.82) is 0 Å². The van der Waals surface area contributed by atoms with Crippen LogP contribution in [0.5, 0.6) is 0 Å². The lowest BCUT2D eigenvalue weighted by Crippen LogP contribution is -2.25. The fraction of sp³-hybridized carbons (Fsp3) is 0.647. The molecule has 0 bridgehead atoms. The molecule has 0 aromatic heterocycles. The summed E-state index contributed by atoms with van der Waals surface area (Å²) < 4.78 is 0. The quantitative estimate of drug-likeness (QED) is 0.761. The highest BCUT2D eigenvalue weighted by molar-refractivity contribution is 7.99. The Kier molecular flexibility index (Phi) is 7.63. The third-order valence-electron chi connectivity index (χ3n) is 3.66. The van der Waals surface area contributed by atoms with Crippen LogP contribution in [0.25, 0.3) is 0 Å². The van der Waals surface area contributed by atoms with Crippen molar-refractivity contribution >= 4 is 11.8 Å². The third kappa shape index (κ3) is 5.47. The van der Waals surface area contributed by atoms with Crippen LogP contribution in [0, 0.1) is 0 Å². The molecule has 0 saturated heterocycles. The van der Waals surface area contributed by atoms with Crippen LogP contribution in [0.3, 0.4) is 0 Å². The average molecular weight is 295 g/mol. The minimum absolute atomic E-state index is 0.259. The molecule has 0 radical (unpaired) electrons. The minimum Gasteiger partial charge on any atom is -0.392 e. The number of hydrogen-bond donors (Lipinski definition) is 2. The summed E-state index contributed by atoms with van der Waals surface area (Å²) in [6.45, 7) is 11.5. The van der Waals surface area contributed by atoms with Gasteiger partial charge in [-0.1, -0.05) is 52.0 Å². The first kappa shape index (κ1) is 17.5. The first-order valence-electron chi connectivity index (χ1n) is 7.58. The van der Waals surface area contributed by atoms with Gasteiger partial charge in [0.25, 0.3) is 0 Å². The van der Waals surface area contributed by atoms with E-state index in [0.717, 1.165) is 12.3 Å². The normalized spacial score (nSPS) is 16.1. The van der Waals surface area contributed by atoms with E-state index in [4.69, 9.17) is 0 Å². The van der Waals surface area contributed by atoms with Crippen LogP contribution in [0.2, 0.25) is 0 Å². The highest BCUT2D eigenvalue weighted by atomic mass is 32.2. The maximum Gasteiger partial charge on any atom is 0.0628 e. The van der Waals surface area contributed by atoms with Gasteiger partial charge in [-0.2, -0.15) is 11.8 Å². The molecular weight excluding hydrogens is 266 g/mol. The molecule has 20 heavy (non-hydrogen) atoms. The zero-order valence-corrected chi connectivity index (χ0v) is 14.2. The Bertz CT molecular complexity index is 375. The van der Waals surface area contributed by atoms with Gasteiger partial charge in [-0.05, 0) is 30.5 Å². The lowest BCUT2D eigenvalue weighted by molar-refractivity contribution is 0.196. The number of aliphatic hydroxyl groups excluding tert-OH is 1. The lowest BCUT2D eigenvalue weighted by atomic mass is 9.99. The van der Waals surface area contributed by atoms with Gasteiger partial charge in [0.05, 0.1) is 6.10 Å². The molecule has 0 heterocycles. The van der Waals surface area contributed by atoms with E-state index < -0.39 is 0 Å². The van der Waals surface area contributed by atoms with Gasteiger partial charge >= 0.3 is 0 Å². The average Bonchev–Trinajstić information content (AvgIpc) is 2.43. The summed E-state index contributed by atoms with van der Waals surface area (Å²) in [7, 11) is 0. The van der Waals surface area contributed by atoms with E-state index in [1.807, 2.05) is 18.7 Å². The van der Waals surface area contributed by atoms with Gasteiger partial charge in [0.1, 0.15) is 0 Å². The second-order valence-electron chi connectivity index (χ2n) is 5.71. The molecule has 3 unspecified atom stereocenters. The van der Waals surface area contributed by atoms with Crippen molar-refractivity contribution in [3.63, 3.8) is 0 Å². The second-order valence-corrected chi connectivity index (χ2v) is 7.12. The van der Waals surface area contributed by atoms with Gasteiger partial charge in [0, 0.05) is 17.0 Å². The highest BCUT2D eigenvalue weighted by Crippen LogP contribution is 2.24. The van der Waals surface area contributed by atoms with Crippen molar-refractivity contribution in [2.45, 2.75) is 57.9 Å². The molecule has 114 valence electrons. The lowest BCUT2D eigenvalue weighted by Gasteiger charge is -2.22. The van der Waals surface area contributed by atoms with E-state index in [-0.39, 0.29) is 11.4 Å². The van der Waals surface area contributed by atoms with Gasteiger partial charge in [0.2, 0.25) is 0 Å². The van der Waals surface area contributed by atoms with E-state index in [1.54, 1.807) is 0 Å². The third-order valence-corrected chi connectivity index (χ3v) is 5.11. The summed E-state index contributed by atoms with van der Waals surface area (Å²) in [6, 6.07) is 9.28. The molecule has 2 nitrogen and oxygen atoms in total. The summed E-state index contributed by atoms with van der Waals surface area (Å²) in [5, 5.41) is 13.4. The maximum absolute atomic E-state index is 9.59. The molecule has 0 aliphatic rings. The molecule has 0 amide bonds. The van der Waals surface area contributed by atoms with Crippen LogP contribution in [-0.4, -0.2) is 28.8 Å². The van der Waals surface area contributed by atoms with E-state index in [1.165, 1.54) is 11.1 Å². The number of thioether (sulfide) groups is 1. The topological polar surface area (TPSA) is 32.3 Å². The summed E-state index contributed by atoms with van der Waals surface area (Å²) >= 11 is 1.83. The number of nitrogens with one attached hydrogen (secondary N) is 1. The Balaban J connectivity index is 2.69. The number of hydrogen-bond acceptors (Lipinski definition) is 3. The molecule has 3 atom stereocenters. The van der Waals surface area contributed by atoms with E-state index in [9.17, 15) is 5.11 Å². The molecule has 0 aliphatic carbocycles. The number of aliphatic hydroxyl groups is 1. The Labute approximate surface area is 128 Å². The SMILES string of the molecule is CCNC(CSC(C)C(C)O)c1ccc(C(C)C)cc1. The molecule has 2 N–H and O–H groups in total. The number of rotatable bonds is 8. The zero-order chi connectivity index (χ0) is 15.1. The van der Waals surface area contributed by atoms with E-state index >= 15 is 0 Å². The Hall–Kier alpha value is -0.510. The minimum atomic E-state index is -0.259. The van der Waals surface area contributed by atoms with Gasteiger partial charge < -0.3 is 10.4 Å². The summed E-state index contributed by atoms with van der Waals surface area (Å²) in [5.74, 6) is 1.56.